The summed E-state index contributed by atoms with van der Waals surface area (Å²) < 4.78 is 5.61. The maximum absolute atomic E-state index is 12.8. The first-order valence-electron chi connectivity index (χ1n) is 8.54. The minimum absolute atomic E-state index is 0.0118. The van der Waals surface area contributed by atoms with Gasteiger partial charge in [-0.05, 0) is 82.7 Å². The number of aliphatic imine (C=N–C) groups is 1. The number of hydrogen-bond donors (Lipinski definition) is 2. The van der Waals surface area contributed by atoms with E-state index >= 15 is 0 Å². The fraction of sp³-hybridized carbons (Fsp3) is 0.150. The molecule has 2 aromatic rings. The second-order valence-electron chi connectivity index (χ2n) is 5.96. The molecule has 150 valence electrons. The van der Waals surface area contributed by atoms with Crippen LogP contribution in [0, 0.1) is 0 Å². The third-order valence-corrected chi connectivity index (χ3v) is 5.72. The number of methoxy groups -OCH3 is 1. The smallest absolute Gasteiger partial charge is 0.335 e. The molecule has 1 saturated heterocycles. The van der Waals surface area contributed by atoms with Crippen molar-refractivity contribution in [3.8, 4) is 11.5 Å². The first kappa shape index (κ1) is 20.9. The van der Waals surface area contributed by atoms with E-state index in [9.17, 15) is 14.7 Å². The highest BCUT2D eigenvalue weighted by atomic mass is 79.9. The normalized spacial score (nSPS) is 16.7. The molecule has 0 radical (unpaired) electrons. The molecule has 0 unspecified atom stereocenters. The lowest BCUT2D eigenvalue weighted by Crippen LogP contribution is -2.28. The third kappa shape index (κ3) is 4.46. The van der Waals surface area contributed by atoms with E-state index in [1.807, 2.05) is 6.92 Å². The lowest BCUT2D eigenvalue weighted by atomic mass is 10.2. The summed E-state index contributed by atoms with van der Waals surface area (Å²) in [6.45, 7) is 2.29. The number of ether oxygens (including phenoxy) is 1. The molecular formula is C20H17BrN2O5S. The van der Waals surface area contributed by atoms with E-state index in [-0.39, 0.29) is 17.2 Å². The van der Waals surface area contributed by atoms with Crippen LogP contribution in [0.1, 0.15) is 22.8 Å². The van der Waals surface area contributed by atoms with Gasteiger partial charge in [-0.3, -0.25) is 9.69 Å². The van der Waals surface area contributed by atoms with Crippen molar-refractivity contribution in [2.24, 2.45) is 4.99 Å². The van der Waals surface area contributed by atoms with Crippen LogP contribution in [0.2, 0.25) is 0 Å². The Morgan fingerprint density at radius 1 is 1.31 bits per heavy atom. The number of carbonyl (C=O) groups excluding carboxylic acids is 1. The van der Waals surface area contributed by atoms with Crippen molar-refractivity contribution in [2.75, 3.05) is 13.7 Å². The van der Waals surface area contributed by atoms with Crippen LogP contribution in [-0.2, 0) is 4.79 Å². The summed E-state index contributed by atoms with van der Waals surface area (Å²) >= 11 is 4.50. The number of thioether (sulfide) groups is 1. The van der Waals surface area contributed by atoms with E-state index in [1.54, 1.807) is 35.2 Å². The Balaban J connectivity index is 1.93. The summed E-state index contributed by atoms with van der Waals surface area (Å²) in [7, 11) is 1.45. The SMILES string of the molecule is CCN1C(=O)C(=Cc2cc(Br)c(O)c(OC)c2)SC1=Nc1ccc(C(=O)O)cc1. The summed E-state index contributed by atoms with van der Waals surface area (Å²) in [5.74, 6) is -0.907. The Morgan fingerprint density at radius 3 is 2.59 bits per heavy atom. The van der Waals surface area contributed by atoms with Crippen LogP contribution in [0.5, 0.6) is 11.5 Å². The number of halogens is 1. The summed E-state index contributed by atoms with van der Waals surface area (Å²) in [6, 6.07) is 9.45. The molecule has 3 rings (SSSR count). The van der Waals surface area contributed by atoms with Crippen LogP contribution in [0.15, 0.2) is 50.8 Å². The van der Waals surface area contributed by atoms with Gasteiger partial charge in [0.05, 0.1) is 27.7 Å². The van der Waals surface area contributed by atoms with Gasteiger partial charge in [0.25, 0.3) is 5.91 Å². The maximum Gasteiger partial charge on any atom is 0.335 e. The lowest BCUT2D eigenvalue weighted by molar-refractivity contribution is -0.122. The lowest BCUT2D eigenvalue weighted by Gasteiger charge is -2.12. The maximum atomic E-state index is 12.8. The molecule has 1 heterocycles. The summed E-state index contributed by atoms with van der Waals surface area (Å²) in [6.07, 6.45) is 1.71. The predicted octanol–water partition coefficient (Wildman–Crippen LogP) is 4.49. The molecule has 0 bridgehead atoms. The highest BCUT2D eigenvalue weighted by Crippen LogP contribution is 2.38. The zero-order valence-electron chi connectivity index (χ0n) is 15.5. The Hall–Kier alpha value is -2.78. The first-order chi connectivity index (χ1) is 13.8. The van der Waals surface area contributed by atoms with Gasteiger partial charge in [0.1, 0.15) is 0 Å². The number of hydrogen-bond acceptors (Lipinski definition) is 6. The Bertz CT molecular complexity index is 1030. The van der Waals surface area contributed by atoms with Crippen LogP contribution in [-0.4, -0.2) is 45.8 Å². The van der Waals surface area contributed by atoms with Crippen molar-refractivity contribution in [3.05, 3.63) is 56.9 Å². The number of likely N-dealkylation sites (N-methyl/N-ethyl adjacent to an activating group) is 1. The molecule has 7 nitrogen and oxygen atoms in total. The summed E-state index contributed by atoms with van der Waals surface area (Å²) in [5.41, 5.74) is 1.41. The van der Waals surface area contributed by atoms with Gasteiger partial charge in [0.15, 0.2) is 16.7 Å². The molecule has 1 aliphatic heterocycles. The fourth-order valence-corrected chi connectivity index (χ4v) is 4.17. The highest BCUT2D eigenvalue weighted by molar-refractivity contribution is 9.10. The average molecular weight is 477 g/mol. The van der Waals surface area contributed by atoms with Crippen LogP contribution >= 0.6 is 27.7 Å². The zero-order chi connectivity index (χ0) is 21.1. The van der Waals surface area contributed by atoms with Gasteiger partial charge >= 0.3 is 5.97 Å². The number of amidine groups is 1. The van der Waals surface area contributed by atoms with Crippen molar-refractivity contribution < 1.29 is 24.5 Å². The molecular weight excluding hydrogens is 460 g/mol. The second-order valence-corrected chi connectivity index (χ2v) is 7.82. The van der Waals surface area contributed by atoms with Gasteiger partial charge in [-0.1, -0.05) is 0 Å². The van der Waals surface area contributed by atoms with Gasteiger partial charge in [-0.25, -0.2) is 9.79 Å². The third-order valence-electron chi connectivity index (χ3n) is 4.11. The van der Waals surface area contributed by atoms with Gasteiger partial charge in [-0.15, -0.1) is 0 Å². The number of carbonyl (C=O) groups is 2. The summed E-state index contributed by atoms with van der Waals surface area (Å²) in [5, 5.41) is 19.5. The Kier molecular flexibility index (Phi) is 6.29. The second kappa shape index (κ2) is 8.71. The number of phenolic OH excluding ortho intramolecular Hbond substituents is 1. The van der Waals surface area contributed by atoms with E-state index in [0.717, 1.165) is 0 Å². The van der Waals surface area contributed by atoms with Gasteiger partial charge in [0, 0.05) is 6.54 Å². The van der Waals surface area contributed by atoms with Crippen molar-refractivity contribution in [1.29, 1.82) is 0 Å². The van der Waals surface area contributed by atoms with E-state index in [1.165, 1.54) is 31.0 Å². The monoisotopic (exact) mass is 476 g/mol. The topological polar surface area (TPSA) is 99.4 Å². The standard InChI is InChI=1S/C20H17BrN2O5S/c1-3-23-18(25)16(10-11-8-14(21)17(24)15(9-11)28-2)29-20(23)22-13-6-4-12(5-7-13)19(26)27/h4-10,24H,3H2,1-2H3,(H,26,27). The minimum atomic E-state index is -1.01. The molecule has 9 heteroatoms. The van der Waals surface area contributed by atoms with E-state index < -0.39 is 5.97 Å². The number of carboxylic acids is 1. The average Bonchev–Trinajstić information content (AvgIpc) is 2.99. The zero-order valence-corrected chi connectivity index (χ0v) is 18.0. The number of aromatic hydroxyl groups is 1. The van der Waals surface area contributed by atoms with Crippen LogP contribution in [0.25, 0.3) is 6.08 Å². The van der Waals surface area contributed by atoms with Gasteiger partial charge < -0.3 is 14.9 Å². The molecule has 0 saturated carbocycles. The number of amides is 1. The molecule has 0 atom stereocenters. The van der Waals surface area contributed by atoms with E-state index in [4.69, 9.17) is 9.84 Å². The van der Waals surface area contributed by atoms with Gasteiger partial charge in [0.2, 0.25) is 0 Å². The number of benzene rings is 2. The number of aromatic carboxylic acids is 1. The molecule has 0 aliphatic carbocycles. The Labute approximate surface area is 179 Å². The largest absolute Gasteiger partial charge is 0.503 e. The number of nitrogens with zero attached hydrogens (tertiary/aromatic N) is 2. The molecule has 29 heavy (non-hydrogen) atoms. The predicted molar refractivity (Wildman–Crippen MR) is 116 cm³/mol. The first-order valence-corrected chi connectivity index (χ1v) is 10.1. The number of carboxylic acid groups (broad SMARTS) is 1. The van der Waals surface area contributed by atoms with Crippen LogP contribution in [0.4, 0.5) is 5.69 Å². The molecule has 0 spiro atoms. The minimum Gasteiger partial charge on any atom is -0.503 e. The van der Waals surface area contributed by atoms with Crippen molar-refractivity contribution >= 4 is 56.5 Å². The van der Waals surface area contributed by atoms with E-state index in [2.05, 4.69) is 20.9 Å². The Morgan fingerprint density at radius 2 is 2.00 bits per heavy atom. The molecule has 1 fully saturated rings. The molecule has 0 aromatic heterocycles. The van der Waals surface area contributed by atoms with Crippen molar-refractivity contribution in [1.82, 2.24) is 4.90 Å². The summed E-state index contributed by atoms with van der Waals surface area (Å²) in [4.78, 5) is 30.3. The molecule has 2 N–H and O–H groups in total. The molecule has 1 amide bonds. The van der Waals surface area contributed by atoms with Crippen molar-refractivity contribution in [3.63, 3.8) is 0 Å². The fourth-order valence-electron chi connectivity index (χ4n) is 2.64. The number of rotatable bonds is 5. The van der Waals surface area contributed by atoms with Crippen LogP contribution in [0.3, 0.4) is 0 Å². The van der Waals surface area contributed by atoms with Crippen LogP contribution < -0.4 is 4.74 Å². The molecule has 2 aromatic carbocycles. The molecule has 1 aliphatic rings. The number of phenols is 1. The van der Waals surface area contributed by atoms with E-state index in [0.29, 0.717) is 38.1 Å². The van der Waals surface area contributed by atoms with Crippen molar-refractivity contribution in [2.45, 2.75) is 6.92 Å². The quantitative estimate of drug-likeness (QED) is 0.616. The highest BCUT2D eigenvalue weighted by Gasteiger charge is 2.32. The van der Waals surface area contributed by atoms with Gasteiger partial charge in [-0.2, -0.15) is 0 Å².